The van der Waals surface area contributed by atoms with Gasteiger partial charge >= 0.3 is 0 Å². The minimum absolute atomic E-state index is 0.140. The minimum Gasteiger partial charge on any atom is -0.329 e. The third kappa shape index (κ3) is 2.80. The van der Waals surface area contributed by atoms with E-state index in [0.717, 1.165) is 45.1 Å². The van der Waals surface area contributed by atoms with Crippen LogP contribution >= 0.6 is 0 Å². The van der Waals surface area contributed by atoms with Gasteiger partial charge in [0.15, 0.2) is 0 Å². The third-order valence-corrected chi connectivity index (χ3v) is 4.13. The summed E-state index contributed by atoms with van der Waals surface area (Å²) in [6.45, 7) is 1.87. The van der Waals surface area contributed by atoms with Crippen molar-refractivity contribution in [2.75, 3.05) is 19.7 Å². The van der Waals surface area contributed by atoms with Crippen LogP contribution in [-0.4, -0.2) is 30.7 Å². The number of nitrogens with two attached hydrogens (primary N) is 1. The molecule has 98 valence electrons. The average Bonchev–Trinajstić information content (AvgIpc) is 2.65. The normalized spacial score (nSPS) is 25.4. The molecular formula is C13H24N2O2. The summed E-state index contributed by atoms with van der Waals surface area (Å²) in [6, 6.07) is 0. The van der Waals surface area contributed by atoms with Gasteiger partial charge in [0.25, 0.3) is 5.91 Å². The second kappa shape index (κ2) is 5.83. The fourth-order valence-corrected chi connectivity index (χ4v) is 2.93. The van der Waals surface area contributed by atoms with E-state index in [1.54, 1.807) is 5.06 Å². The second-order valence-corrected chi connectivity index (χ2v) is 5.35. The molecule has 0 unspecified atom stereocenters. The van der Waals surface area contributed by atoms with Gasteiger partial charge in [0.05, 0.1) is 12.0 Å². The minimum atomic E-state index is -0.339. The van der Waals surface area contributed by atoms with E-state index >= 15 is 0 Å². The molecule has 0 bridgehead atoms. The predicted octanol–water partition coefficient (Wildman–Crippen LogP) is 1.84. The Morgan fingerprint density at radius 3 is 2.35 bits per heavy atom. The Balaban J connectivity index is 2.06. The van der Waals surface area contributed by atoms with Crippen LogP contribution < -0.4 is 5.73 Å². The van der Waals surface area contributed by atoms with Crippen molar-refractivity contribution in [1.29, 1.82) is 0 Å². The Kier molecular flexibility index (Phi) is 4.40. The Bertz CT molecular complexity index is 254. The maximum atomic E-state index is 12.6. The highest BCUT2D eigenvalue weighted by molar-refractivity contribution is 5.82. The van der Waals surface area contributed by atoms with Gasteiger partial charge in [-0.1, -0.05) is 25.7 Å². The summed E-state index contributed by atoms with van der Waals surface area (Å²) < 4.78 is 0. The van der Waals surface area contributed by atoms with Gasteiger partial charge in [0, 0.05) is 13.1 Å². The van der Waals surface area contributed by atoms with Crippen molar-refractivity contribution in [3.8, 4) is 0 Å². The summed E-state index contributed by atoms with van der Waals surface area (Å²) in [4.78, 5) is 18.1. The molecule has 1 amide bonds. The molecule has 1 aliphatic heterocycles. The van der Waals surface area contributed by atoms with E-state index in [0.29, 0.717) is 13.2 Å². The molecular weight excluding hydrogens is 216 g/mol. The first-order valence-corrected chi connectivity index (χ1v) is 6.93. The summed E-state index contributed by atoms with van der Waals surface area (Å²) in [7, 11) is 0. The molecule has 17 heavy (non-hydrogen) atoms. The number of hydrogen-bond donors (Lipinski definition) is 1. The molecule has 0 aromatic rings. The lowest BCUT2D eigenvalue weighted by Gasteiger charge is -2.36. The maximum Gasteiger partial charge on any atom is 0.253 e. The van der Waals surface area contributed by atoms with E-state index < -0.39 is 0 Å². The Hall–Kier alpha value is -0.610. The smallest absolute Gasteiger partial charge is 0.253 e. The fraction of sp³-hybridized carbons (Fsp3) is 0.923. The van der Waals surface area contributed by atoms with E-state index in [1.807, 2.05) is 0 Å². The molecule has 0 radical (unpaired) electrons. The van der Waals surface area contributed by atoms with Crippen LogP contribution in [0.25, 0.3) is 0 Å². The van der Waals surface area contributed by atoms with Crippen LogP contribution in [-0.2, 0) is 9.63 Å². The van der Waals surface area contributed by atoms with Crippen LogP contribution in [0.5, 0.6) is 0 Å². The highest BCUT2D eigenvalue weighted by atomic mass is 16.7. The second-order valence-electron chi connectivity index (χ2n) is 5.35. The van der Waals surface area contributed by atoms with Crippen molar-refractivity contribution in [3.05, 3.63) is 0 Å². The van der Waals surface area contributed by atoms with E-state index in [1.165, 1.54) is 12.8 Å². The van der Waals surface area contributed by atoms with E-state index in [-0.39, 0.29) is 11.3 Å². The number of carbonyl (C=O) groups excluding carboxylic acids is 1. The van der Waals surface area contributed by atoms with Crippen molar-refractivity contribution in [1.82, 2.24) is 5.06 Å². The summed E-state index contributed by atoms with van der Waals surface area (Å²) >= 11 is 0. The first-order valence-electron chi connectivity index (χ1n) is 6.93. The standard InChI is InChI=1S/C13H24N2O2/c14-11-13(7-3-1-2-4-8-13)12(16)15-9-5-6-10-17-15/h1-11,14H2. The van der Waals surface area contributed by atoms with Crippen molar-refractivity contribution < 1.29 is 9.63 Å². The lowest BCUT2D eigenvalue weighted by molar-refractivity contribution is -0.207. The Labute approximate surface area is 103 Å². The average molecular weight is 240 g/mol. The van der Waals surface area contributed by atoms with Crippen LogP contribution in [0.3, 0.4) is 0 Å². The molecule has 1 aliphatic carbocycles. The number of carbonyl (C=O) groups is 1. The zero-order valence-corrected chi connectivity index (χ0v) is 10.6. The van der Waals surface area contributed by atoms with Gasteiger partial charge in [0.2, 0.25) is 0 Å². The molecule has 0 aromatic heterocycles. The summed E-state index contributed by atoms with van der Waals surface area (Å²) in [5.74, 6) is 0.140. The molecule has 1 saturated heterocycles. The summed E-state index contributed by atoms with van der Waals surface area (Å²) in [5, 5.41) is 1.58. The molecule has 1 heterocycles. The lowest BCUT2D eigenvalue weighted by Crippen LogP contribution is -2.49. The van der Waals surface area contributed by atoms with Crippen molar-refractivity contribution in [3.63, 3.8) is 0 Å². The number of hydroxylamine groups is 2. The van der Waals surface area contributed by atoms with Gasteiger partial charge in [-0.3, -0.25) is 9.63 Å². The van der Waals surface area contributed by atoms with Gasteiger partial charge in [-0.2, -0.15) is 0 Å². The van der Waals surface area contributed by atoms with Gasteiger partial charge in [-0.25, -0.2) is 5.06 Å². The summed E-state index contributed by atoms with van der Waals surface area (Å²) in [5.41, 5.74) is 5.57. The molecule has 2 aliphatic rings. The quantitative estimate of drug-likeness (QED) is 0.749. The first-order chi connectivity index (χ1) is 8.28. The zero-order valence-electron chi connectivity index (χ0n) is 10.6. The van der Waals surface area contributed by atoms with Gasteiger partial charge in [0.1, 0.15) is 0 Å². The largest absolute Gasteiger partial charge is 0.329 e. The van der Waals surface area contributed by atoms with Crippen LogP contribution in [0.2, 0.25) is 0 Å². The topological polar surface area (TPSA) is 55.6 Å². The monoisotopic (exact) mass is 240 g/mol. The molecule has 0 aromatic carbocycles. The number of nitrogens with zero attached hydrogens (tertiary/aromatic N) is 1. The molecule has 2 rings (SSSR count). The lowest BCUT2D eigenvalue weighted by atomic mass is 9.79. The maximum absolute atomic E-state index is 12.6. The van der Waals surface area contributed by atoms with Gasteiger partial charge in [-0.15, -0.1) is 0 Å². The van der Waals surface area contributed by atoms with Gasteiger partial charge in [-0.05, 0) is 25.7 Å². The summed E-state index contributed by atoms with van der Waals surface area (Å²) in [6.07, 6.45) is 8.68. The third-order valence-electron chi connectivity index (χ3n) is 4.13. The van der Waals surface area contributed by atoms with E-state index in [9.17, 15) is 4.79 Å². The van der Waals surface area contributed by atoms with Gasteiger partial charge < -0.3 is 5.73 Å². The number of hydrogen-bond acceptors (Lipinski definition) is 3. The van der Waals surface area contributed by atoms with Crippen molar-refractivity contribution >= 4 is 5.91 Å². The zero-order chi connectivity index (χ0) is 12.1. The van der Waals surface area contributed by atoms with Crippen LogP contribution in [0.4, 0.5) is 0 Å². The molecule has 1 saturated carbocycles. The molecule has 2 fully saturated rings. The Morgan fingerprint density at radius 2 is 1.82 bits per heavy atom. The van der Waals surface area contributed by atoms with Crippen LogP contribution in [0.1, 0.15) is 51.4 Å². The Morgan fingerprint density at radius 1 is 1.12 bits per heavy atom. The molecule has 2 N–H and O–H groups in total. The molecule has 4 nitrogen and oxygen atoms in total. The SMILES string of the molecule is NCC1(C(=O)N2CCCCO2)CCCCCC1. The highest BCUT2D eigenvalue weighted by Gasteiger charge is 2.41. The molecule has 0 spiro atoms. The first kappa shape index (κ1) is 12.8. The highest BCUT2D eigenvalue weighted by Crippen LogP contribution is 2.36. The number of amides is 1. The predicted molar refractivity (Wildman–Crippen MR) is 66.1 cm³/mol. The van der Waals surface area contributed by atoms with Crippen LogP contribution in [0.15, 0.2) is 0 Å². The fourth-order valence-electron chi connectivity index (χ4n) is 2.93. The van der Waals surface area contributed by atoms with E-state index in [4.69, 9.17) is 10.6 Å². The van der Waals surface area contributed by atoms with Crippen molar-refractivity contribution in [2.24, 2.45) is 11.1 Å². The van der Waals surface area contributed by atoms with Crippen molar-refractivity contribution in [2.45, 2.75) is 51.4 Å². The number of rotatable bonds is 2. The van der Waals surface area contributed by atoms with E-state index in [2.05, 4.69) is 0 Å². The molecule has 0 atom stereocenters. The molecule has 4 heteroatoms. The van der Waals surface area contributed by atoms with Crippen LogP contribution in [0, 0.1) is 5.41 Å².